The molecule has 0 aliphatic rings. The highest BCUT2D eigenvalue weighted by Crippen LogP contribution is 2.16. The normalized spacial score (nSPS) is 12.6. The molecule has 0 aromatic carbocycles. The van der Waals surface area contributed by atoms with Crippen molar-refractivity contribution in [2.45, 2.75) is 19.4 Å². The number of imidazole rings is 1. The van der Waals surface area contributed by atoms with E-state index in [2.05, 4.69) is 22.2 Å². The minimum Gasteiger partial charge on any atom is -0.367 e. The number of rotatable bonds is 5. The van der Waals surface area contributed by atoms with Gasteiger partial charge in [0.25, 0.3) is 0 Å². The van der Waals surface area contributed by atoms with Gasteiger partial charge in [0.05, 0.1) is 6.04 Å². The number of aromatic amines is 1. The van der Waals surface area contributed by atoms with E-state index in [4.69, 9.17) is 0 Å². The molecule has 0 amide bonds. The summed E-state index contributed by atoms with van der Waals surface area (Å²) >= 11 is 0. The van der Waals surface area contributed by atoms with Crippen molar-refractivity contribution in [3.05, 3.63) is 52.5 Å². The van der Waals surface area contributed by atoms with Crippen molar-refractivity contribution >= 4 is 0 Å². The van der Waals surface area contributed by atoms with Crippen LogP contribution in [0.1, 0.15) is 30.8 Å². The highest BCUT2D eigenvalue weighted by atomic mass is 16.1. The summed E-state index contributed by atoms with van der Waals surface area (Å²) in [4.78, 5) is 19.2. The zero-order valence-corrected chi connectivity index (χ0v) is 10.7. The third-order valence-electron chi connectivity index (χ3n) is 2.88. The van der Waals surface area contributed by atoms with Crippen LogP contribution in [0.2, 0.25) is 0 Å². The summed E-state index contributed by atoms with van der Waals surface area (Å²) in [5.74, 6) is 0.847. The Morgan fingerprint density at radius 2 is 2.39 bits per heavy atom. The Hall–Kier alpha value is -1.88. The van der Waals surface area contributed by atoms with Crippen molar-refractivity contribution in [3.8, 4) is 0 Å². The molecule has 2 rings (SSSR count). The largest absolute Gasteiger partial charge is 0.367 e. The van der Waals surface area contributed by atoms with E-state index in [0.717, 1.165) is 18.8 Å². The Bertz CT molecular complexity index is 558. The average molecular weight is 246 g/mol. The Kier molecular flexibility index (Phi) is 3.94. The van der Waals surface area contributed by atoms with E-state index < -0.39 is 0 Å². The van der Waals surface area contributed by atoms with E-state index in [0.29, 0.717) is 5.56 Å². The van der Waals surface area contributed by atoms with E-state index in [-0.39, 0.29) is 11.5 Å². The molecule has 0 radical (unpaired) electrons. The van der Waals surface area contributed by atoms with Gasteiger partial charge >= 0.3 is 0 Å². The highest BCUT2D eigenvalue weighted by Gasteiger charge is 2.19. The number of pyridine rings is 1. The van der Waals surface area contributed by atoms with Gasteiger partial charge in [-0.1, -0.05) is 6.92 Å². The first kappa shape index (κ1) is 12.6. The van der Waals surface area contributed by atoms with Crippen LogP contribution in [0.25, 0.3) is 0 Å². The monoisotopic (exact) mass is 246 g/mol. The molecule has 2 heterocycles. The first-order valence-corrected chi connectivity index (χ1v) is 6.11. The van der Waals surface area contributed by atoms with Crippen LogP contribution in [0.4, 0.5) is 0 Å². The van der Waals surface area contributed by atoms with Crippen molar-refractivity contribution in [3.63, 3.8) is 0 Å². The molecule has 5 nitrogen and oxygen atoms in total. The predicted molar refractivity (Wildman–Crippen MR) is 70.4 cm³/mol. The van der Waals surface area contributed by atoms with Gasteiger partial charge < -0.3 is 14.9 Å². The van der Waals surface area contributed by atoms with Gasteiger partial charge in [-0.05, 0) is 13.0 Å². The lowest BCUT2D eigenvalue weighted by Crippen LogP contribution is -2.29. The number of H-pyrrole nitrogens is 1. The third kappa shape index (κ3) is 2.51. The number of nitrogens with one attached hydrogen (secondary N) is 2. The summed E-state index contributed by atoms with van der Waals surface area (Å²) in [6.45, 7) is 2.93. The van der Waals surface area contributed by atoms with E-state index >= 15 is 0 Å². The molecule has 0 aliphatic heterocycles. The van der Waals surface area contributed by atoms with Crippen LogP contribution in [-0.4, -0.2) is 21.1 Å². The molecule has 1 unspecified atom stereocenters. The van der Waals surface area contributed by atoms with Gasteiger partial charge in [-0.2, -0.15) is 0 Å². The van der Waals surface area contributed by atoms with Crippen molar-refractivity contribution in [2.24, 2.45) is 7.05 Å². The summed E-state index contributed by atoms with van der Waals surface area (Å²) in [6, 6.07) is 1.37. The van der Waals surface area contributed by atoms with Gasteiger partial charge in [0.15, 0.2) is 5.43 Å². The fourth-order valence-corrected chi connectivity index (χ4v) is 1.94. The molecule has 96 valence electrons. The van der Waals surface area contributed by atoms with E-state index in [9.17, 15) is 4.79 Å². The van der Waals surface area contributed by atoms with E-state index in [1.165, 1.54) is 0 Å². The first-order valence-electron chi connectivity index (χ1n) is 6.11. The van der Waals surface area contributed by atoms with Crippen LogP contribution < -0.4 is 10.7 Å². The lowest BCUT2D eigenvalue weighted by atomic mass is 10.1. The van der Waals surface area contributed by atoms with Gasteiger partial charge in [-0.3, -0.25) is 4.79 Å². The van der Waals surface area contributed by atoms with E-state index in [1.54, 1.807) is 24.7 Å². The topological polar surface area (TPSA) is 62.7 Å². The van der Waals surface area contributed by atoms with Crippen LogP contribution in [0.5, 0.6) is 0 Å². The van der Waals surface area contributed by atoms with Gasteiger partial charge in [0.2, 0.25) is 0 Å². The fraction of sp³-hybridized carbons (Fsp3) is 0.385. The summed E-state index contributed by atoms with van der Waals surface area (Å²) in [6.07, 6.45) is 8.01. The standard InChI is InChI=1S/C13H18N4O/c1-3-5-15-12(13-16-7-8-17(13)2)10-9-14-6-4-11(10)18/h4,6-9,12,15H,3,5H2,1-2H3,(H,14,18). The van der Waals surface area contributed by atoms with Gasteiger partial charge in [-0.25, -0.2) is 4.98 Å². The summed E-state index contributed by atoms with van der Waals surface area (Å²) < 4.78 is 1.93. The van der Waals surface area contributed by atoms with Crippen molar-refractivity contribution in [1.82, 2.24) is 19.9 Å². The zero-order chi connectivity index (χ0) is 13.0. The molecule has 0 fully saturated rings. The van der Waals surface area contributed by atoms with Crippen LogP contribution in [-0.2, 0) is 7.05 Å². The SMILES string of the molecule is CCCNC(c1c[nH]ccc1=O)c1nccn1C. The Balaban J connectivity index is 2.40. The molecule has 0 saturated heterocycles. The maximum atomic E-state index is 11.9. The van der Waals surface area contributed by atoms with Crippen molar-refractivity contribution in [2.75, 3.05) is 6.54 Å². The number of aryl methyl sites for hydroxylation is 1. The van der Waals surface area contributed by atoms with Crippen molar-refractivity contribution < 1.29 is 0 Å². The average Bonchev–Trinajstić information content (AvgIpc) is 2.78. The maximum absolute atomic E-state index is 11.9. The molecule has 0 spiro atoms. The van der Waals surface area contributed by atoms with Crippen molar-refractivity contribution in [1.29, 1.82) is 0 Å². The lowest BCUT2D eigenvalue weighted by molar-refractivity contribution is 0.552. The molecule has 0 bridgehead atoms. The number of aromatic nitrogens is 3. The highest BCUT2D eigenvalue weighted by molar-refractivity contribution is 5.22. The second-order valence-corrected chi connectivity index (χ2v) is 4.25. The van der Waals surface area contributed by atoms with Crippen LogP contribution in [0.15, 0.2) is 35.6 Å². The molecular formula is C13H18N4O. The zero-order valence-electron chi connectivity index (χ0n) is 10.7. The Morgan fingerprint density at radius 1 is 1.56 bits per heavy atom. The first-order chi connectivity index (χ1) is 8.74. The van der Waals surface area contributed by atoms with Gasteiger partial charge in [0.1, 0.15) is 5.82 Å². The fourth-order valence-electron chi connectivity index (χ4n) is 1.94. The molecule has 5 heteroatoms. The quantitative estimate of drug-likeness (QED) is 0.833. The smallest absolute Gasteiger partial charge is 0.186 e. The summed E-state index contributed by atoms with van der Waals surface area (Å²) in [5.41, 5.74) is 0.714. The number of hydrogen-bond acceptors (Lipinski definition) is 3. The summed E-state index contributed by atoms with van der Waals surface area (Å²) in [7, 11) is 1.93. The van der Waals surface area contributed by atoms with Gasteiger partial charge in [0, 0.05) is 43.5 Å². The number of nitrogens with zero attached hydrogens (tertiary/aromatic N) is 2. The van der Waals surface area contributed by atoms with E-state index in [1.807, 2.05) is 17.8 Å². The van der Waals surface area contributed by atoms with Crippen LogP contribution >= 0.6 is 0 Å². The Labute approximate surface area is 106 Å². The maximum Gasteiger partial charge on any atom is 0.186 e. The second-order valence-electron chi connectivity index (χ2n) is 4.25. The van der Waals surface area contributed by atoms with Crippen LogP contribution in [0, 0.1) is 0 Å². The Morgan fingerprint density at radius 3 is 3.00 bits per heavy atom. The second kappa shape index (κ2) is 5.64. The lowest BCUT2D eigenvalue weighted by Gasteiger charge is -2.17. The van der Waals surface area contributed by atoms with Crippen LogP contribution in [0.3, 0.4) is 0 Å². The predicted octanol–water partition coefficient (Wildman–Crippen LogP) is 1.20. The molecule has 2 aromatic rings. The van der Waals surface area contributed by atoms with Gasteiger partial charge in [-0.15, -0.1) is 0 Å². The molecular weight excluding hydrogens is 228 g/mol. The minimum absolute atomic E-state index is 0.0188. The third-order valence-corrected chi connectivity index (χ3v) is 2.88. The number of hydrogen-bond donors (Lipinski definition) is 2. The molecule has 0 saturated carbocycles. The molecule has 1 atom stereocenters. The minimum atomic E-state index is -0.171. The summed E-state index contributed by atoms with van der Waals surface area (Å²) in [5, 5.41) is 3.37. The molecule has 18 heavy (non-hydrogen) atoms. The molecule has 2 N–H and O–H groups in total. The molecule has 0 aliphatic carbocycles. The molecule has 2 aromatic heterocycles.